The van der Waals surface area contributed by atoms with Crippen molar-refractivity contribution in [2.75, 3.05) is 19.6 Å². The molecule has 2 bridgehead atoms. The second-order valence-corrected chi connectivity index (χ2v) is 5.15. The molecule has 2 atom stereocenters. The number of hydrogen-bond acceptors (Lipinski definition) is 2. The van der Waals surface area contributed by atoms with Gasteiger partial charge in [0.2, 0.25) is 5.91 Å². The first-order valence-corrected chi connectivity index (χ1v) is 6.79. The smallest absolute Gasteiger partial charge is 0.222 e. The van der Waals surface area contributed by atoms with E-state index in [2.05, 4.69) is 16.7 Å². The zero-order valence-electron chi connectivity index (χ0n) is 10.6. The van der Waals surface area contributed by atoms with Gasteiger partial charge in [-0.2, -0.15) is 0 Å². The summed E-state index contributed by atoms with van der Waals surface area (Å²) in [6, 6.07) is 1.03. The van der Waals surface area contributed by atoms with E-state index in [4.69, 9.17) is 0 Å². The monoisotopic (exact) mass is 224 g/mol. The zero-order valence-corrected chi connectivity index (χ0v) is 10.6. The van der Waals surface area contributed by atoms with E-state index in [1.54, 1.807) is 0 Å². The molecule has 2 fully saturated rings. The standard InChI is InChI=1S/C13H24N2O/c1-3-5-8-14-9-11-6-7-12(10-14)15(11)13(16)4-2/h11-12H,3-10H2,1-2H3/t11-,12+. The van der Waals surface area contributed by atoms with Crippen molar-refractivity contribution >= 4 is 5.91 Å². The minimum atomic E-state index is 0.364. The molecule has 16 heavy (non-hydrogen) atoms. The number of amides is 1. The maximum Gasteiger partial charge on any atom is 0.222 e. The first-order valence-electron chi connectivity index (χ1n) is 6.79. The second kappa shape index (κ2) is 5.17. The lowest BCUT2D eigenvalue weighted by Crippen LogP contribution is -2.55. The van der Waals surface area contributed by atoms with Gasteiger partial charge in [-0.05, 0) is 25.8 Å². The molecule has 0 saturated carbocycles. The fourth-order valence-electron chi connectivity index (χ4n) is 3.14. The lowest BCUT2D eigenvalue weighted by atomic mass is 10.1. The summed E-state index contributed by atoms with van der Waals surface area (Å²) in [6.45, 7) is 7.67. The van der Waals surface area contributed by atoms with Gasteiger partial charge in [0.05, 0.1) is 0 Å². The average molecular weight is 224 g/mol. The normalized spacial score (nSPS) is 29.8. The molecule has 0 aliphatic carbocycles. The Morgan fingerprint density at radius 3 is 2.31 bits per heavy atom. The summed E-state index contributed by atoms with van der Waals surface area (Å²) in [5.74, 6) is 0.364. The summed E-state index contributed by atoms with van der Waals surface area (Å²) >= 11 is 0. The predicted octanol–water partition coefficient (Wildman–Crippen LogP) is 1.87. The third kappa shape index (κ3) is 2.24. The van der Waals surface area contributed by atoms with Crippen LogP contribution >= 0.6 is 0 Å². The Morgan fingerprint density at radius 2 is 1.81 bits per heavy atom. The number of piperazine rings is 1. The molecule has 1 amide bonds. The molecule has 2 heterocycles. The maximum absolute atomic E-state index is 11.9. The topological polar surface area (TPSA) is 23.6 Å². The molecule has 2 saturated heterocycles. The van der Waals surface area contributed by atoms with E-state index in [-0.39, 0.29) is 0 Å². The molecule has 0 N–H and O–H groups in total. The highest BCUT2D eigenvalue weighted by Crippen LogP contribution is 2.30. The van der Waals surface area contributed by atoms with E-state index in [1.165, 1.54) is 32.2 Å². The fourth-order valence-corrected chi connectivity index (χ4v) is 3.14. The quantitative estimate of drug-likeness (QED) is 0.728. The minimum absolute atomic E-state index is 0.364. The number of fused-ring (bicyclic) bond motifs is 2. The van der Waals surface area contributed by atoms with Crippen LogP contribution in [0, 0.1) is 0 Å². The second-order valence-electron chi connectivity index (χ2n) is 5.15. The van der Waals surface area contributed by atoms with Crippen LogP contribution in [0.5, 0.6) is 0 Å². The fraction of sp³-hybridized carbons (Fsp3) is 0.923. The van der Waals surface area contributed by atoms with E-state index in [9.17, 15) is 4.79 Å². The van der Waals surface area contributed by atoms with Crippen molar-refractivity contribution in [3.8, 4) is 0 Å². The van der Waals surface area contributed by atoms with Gasteiger partial charge in [0.25, 0.3) is 0 Å². The first kappa shape index (κ1) is 11.9. The average Bonchev–Trinajstić information content (AvgIpc) is 2.57. The van der Waals surface area contributed by atoms with Crippen LogP contribution in [0.25, 0.3) is 0 Å². The molecule has 0 aromatic heterocycles. The number of hydrogen-bond donors (Lipinski definition) is 0. The Bertz CT molecular complexity index is 240. The van der Waals surface area contributed by atoms with Crippen LogP contribution in [0.1, 0.15) is 46.0 Å². The van der Waals surface area contributed by atoms with Crippen LogP contribution in [-0.4, -0.2) is 47.4 Å². The van der Waals surface area contributed by atoms with E-state index in [0.717, 1.165) is 13.1 Å². The lowest BCUT2D eigenvalue weighted by Gasteiger charge is -2.41. The highest BCUT2D eigenvalue weighted by atomic mass is 16.2. The third-order valence-electron chi connectivity index (χ3n) is 3.98. The minimum Gasteiger partial charge on any atom is -0.334 e. The molecular formula is C13H24N2O. The molecule has 2 aliphatic rings. The number of likely N-dealkylation sites (tertiary alicyclic amines) is 1. The van der Waals surface area contributed by atoms with Gasteiger partial charge in [0, 0.05) is 31.6 Å². The SMILES string of the molecule is CCCCN1C[C@H]2CC[C@@H](C1)N2C(=O)CC. The number of carbonyl (C=O) groups excluding carboxylic acids is 1. The van der Waals surface area contributed by atoms with Crippen LogP contribution in [0.3, 0.4) is 0 Å². The van der Waals surface area contributed by atoms with Crippen molar-refractivity contribution in [1.82, 2.24) is 9.80 Å². The van der Waals surface area contributed by atoms with Gasteiger partial charge in [-0.15, -0.1) is 0 Å². The molecule has 0 radical (unpaired) electrons. The summed E-state index contributed by atoms with van der Waals surface area (Å²) in [7, 11) is 0. The Morgan fingerprint density at radius 1 is 1.19 bits per heavy atom. The Hall–Kier alpha value is -0.570. The van der Waals surface area contributed by atoms with E-state index >= 15 is 0 Å². The first-order chi connectivity index (χ1) is 7.76. The molecule has 3 nitrogen and oxygen atoms in total. The van der Waals surface area contributed by atoms with Crippen LogP contribution in [0.4, 0.5) is 0 Å². The Labute approximate surface area is 98.8 Å². The highest BCUT2D eigenvalue weighted by Gasteiger charge is 2.41. The van der Waals surface area contributed by atoms with Gasteiger partial charge in [-0.25, -0.2) is 0 Å². The van der Waals surface area contributed by atoms with Gasteiger partial charge in [-0.3, -0.25) is 9.69 Å². The Balaban J connectivity index is 1.93. The molecule has 2 rings (SSSR count). The zero-order chi connectivity index (χ0) is 11.5. The molecule has 0 aromatic rings. The molecular weight excluding hydrogens is 200 g/mol. The van der Waals surface area contributed by atoms with Crippen molar-refractivity contribution in [3.63, 3.8) is 0 Å². The molecule has 92 valence electrons. The number of carbonyl (C=O) groups is 1. The van der Waals surface area contributed by atoms with Gasteiger partial charge in [-0.1, -0.05) is 20.3 Å². The maximum atomic E-state index is 11.9. The van der Waals surface area contributed by atoms with Crippen LogP contribution in [0.15, 0.2) is 0 Å². The molecule has 0 unspecified atom stereocenters. The summed E-state index contributed by atoms with van der Waals surface area (Å²) in [4.78, 5) is 16.6. The summed E-state index contributed by atoms with van der Waals surface area (Å²) in [6.07, 6.45) is 5.67. The van der Waals surface area contributed by atoms with Crippen molar-refractivity contribution in [1.29, 1.82) is 0 Å². The lowest BCUT2D eigenvalue weighted by molar-refractivity contribution is -0.136. The summed E-state index contributed by atoms with van der Waals surface area (Å²) < 4.78 is 0. The third-order valence-corrected chi connectivity index (χ3v) is 3.98. The highest BCUT2D eigenvalue weighted by molar-refractivity contribution is 5.77. The van der Waals surface area contributed by atoms with Gasteiger partial charge in [0.15, 0.2) is 0 Å². The van der Waals surface area contributed by atoms with Crippen LogP contribution in [0.2, 0.25) is 0 Å². The number of nitrogens with zero attached hydrogens (tertiary/aromatic N) is 2. The van der Waals surface area contributed by atoms with Crippen LogP contribution < -0.4 is 0 Å². The predicted molar refractivity (Wildman–Crippen MR) is 65.3 cm³/mol. The van der Waals surface area contributed by atoms with Crippen molar-refractivity contribution in [3.05, 3.63) is 0 Å². The summed E-state index contributed by atoms with van der Waals surface area (Å²) in [5.41, 5.74) is 0. The van der Waals surface area contributed by atoms with E-state index in [1.807, 2.05) is 6.92 Å². The molecule has 2 aliphatic heterocycles. The van der Waals surface area contributed by atoms with E-state index in [0.29, 0.717) is 24.4 Å². The molecule has 3 heteroatoms. The van der Waals surface area contributed by atoms with Crippen molar-refractivity contribution in [2.24, 2.45) is 0 Å². The molecule has 0 spiro atoms. The van der Waals surface area contributed by atoms with Crippen molar-refractivity contribution < 1.29 is 4.79 Å². The Kier molecular flexibility index (Phi) is 3.85. The summed E-state index contributed by atoms with van der Waals surface area (Å²) in [5, 5.41) is 0. The van der Waals surface area contributed by atoms with Gasteiger partial charge >= 0.3 is 0 Å². The largest absolute Gasteiger partial charge is 0.334 e. The van der Waals surface area contributed by atoms with Gasteiger partial charge < -0.3 is 4.90 Å². The number of unbranched alkanes of at least 4 members (excludes halogenated alkanes) is 1. The number of rotatable bonds is 4. The molecule has 0 aromatic carbocycles. The van der Waals surface area contributed by atoms with Crippen molar-refractivity contribution in [2.45, 2.75) is 58.0 Å². The van der Waals surface area contributed by atoms with E-state index < -0.39 is 0 Å². The van der Waals surface area contributed by atoms with Crippen LogP contribution in [-0.2, 0) is 4.79 Å². The van der Waals surface area contributed by atoms with Gasteiger partial charge in [0.1, 0.15) is 0 Å².